The van der Waals surface area contributed by atoms with Crippen LogP contribution in [0.5, 0.6) is 0 Å². The summed E-state index contributed by atoms with van der Waals surface area (Å²) in [6.45, 7) is 0.406. The Bertz CT molecular complexity index is 138. The third-order valence-corrected chi connectivity index (χ3v) is 1.98. The number of aliphatic hydroxyl groups excluding tert-OH is 2. The lowest BCUT2D eigenvalue weighted by Crippen LogP contribution is -2.44. The molecule has 2 N–H and O–H groups in total. The molecule has 4 heteroatoms. The van der Waals surface area contributed by atoms with Gasteiger partial charge in [-0.15, -0.1) is 0 Å². The molecule has 0 saturated carbocycles. The topological polar surface area (TPSA) is 58.9 Å². The minimum absolute atomic E-state index is 0.289. The summed E-state index contributed by atoms with van der Waals surface area (Å²) in [6, 6.07) is 0. The number of hydrogen-bond donors (Lipinski definition) is 2. The molecule has 0 unspecified atom stereocenters. The van der Waals surface area contributed by atoms with Gasteiger partial charge in [-0.3, -0.25) is 0 Å². The summed E-state index contributed by atoms with van der Waals surface area (Å²) in [5.74, 6) is 0. The lowest BCUT2D eigenvalue weighted by atomic mass is 10.0. The summed E-state index contributed by atoms with van der Waals surface area (Å²) in [4.78, 5) is 0. The first kappa shape index (κ1) is 6.54. The molecule has 2 saturated heterocycles. The molecular formula is C6H10O4. The molecule has 0 radical (unpaired) electrons. The molecule has 0 aromatic heterocycles. The number of ether oxygens (including phenoxy) is 2. The van der Waals surface area contributed by atoms with Crippen molar-refractivity contribution in [2.24, 2.45) is 0 Å². The molecule has 58 valence electrons. The third kappa shape index (κ3) is 0.845. The van der Waals surface area contributed by atoms with Crippen LogP contribution in [-0.2, 0) is 9.47 Å². The van der Waals surface area contributed by atoms with Gasteiger partial charge >= 0.3 is 0 Å². The minimum atomic E-state index is -0.765. The SMILES string of the molecule is O[C@H]1[C@H](O)C[C@@H]2OC[C@H]1O2. The van der Waals surface area contributed by atoms with E-state index in [0.717, 1.165) is 0 Å². The Morgan fingerprint density at radius 2 is 2.10 bits per heavy atom. The summed E-state index contributed by atoms with van der Waals surface area (Å²) in [7, 11) is 0. The van der Waals surface area contributed by atoms with Gasteiger partial charge in [0.05, 0.1) is 12.7 Å². The van der Waals surface area contributed by atoms with Gasteiger partial charge in [0, 0.05) is 6.42 Å². The maximum absolute atomic E-state index is 9.21. The van der Waals surface area contributed by atoms with Crippen LogP contribution in [-0.4, -0.2) is 41.4 Å². The summed E-state index contributed by atoms with van der Waals surface area (Å²) >= 11 is 0. The molecule has 2 bridgehead atoms. The van der Waals surface area contributed by atoms with Gasteiger partial charge in [-0.2, -0.15) is 0 Å². The Hall–Kier alpha value is -0.160. The Balaban J connectivity index is 2.09. The zero-order valence-electron chi connectivity index (χ0n) is 5.43. The molecule has 2 fully saturated rings. The van der Waals surface area contributed by atoms with Crippen LogP contribution < -0.4 is 0 Å². The van der Waals surface area contributed by atoms with Crippen LogP contribution in [0.4, 0.5) is 0 Å². The molecule has 0 aromatic carbocycles. The maximum atomic E-state index is 9.21. The Morgan fingerprint density at radius 3 is 2.90 bits per heavy atom. The van der Waals surface area contributed by atoms with Crippen LogP contribution in [0.3, 0.4) is 0 Å². The molecule has 2 aliphatic rings. The second kappa shape index (κ2) is 2.17. The van der Waals surface area contributed by atoms with Crippen molar-refractivity contribution in [3.8, 4) is 0 Å². The normalized spacial score (nSPS) is 53.4. The maximum Gasteiger partial charge on any atom is 0.160 e. The van der Waals surface area contributed by atoms with Crippen LogP contribution in [0.25, 0.3) is 0 Å². The van der Waals surface area contributed by atoms with E-state index in [1.807, 2.05) is 0 Å². The van der Waals surface area contributed by atoms with Crippen molar-refractivity contribution < 1.29 is 19.7 Å². The summed E-state index contributed by atoms with van der Waals surface area (Å²) in [5, 5.41) is 18.4. The summed E-state index contributed by atoms with van der Waals surface area (Å²) in [5.41, 5.74) is 0. The van der Waals surface area contributed by atoms with Gasteiger partial charge in [-0.25, -0.2) is 0 Å². The van der Waals surface area contributed by atoms with Crippen molar-refractivity contribution in [1.29, 1.82) is 0 Å². The lowest BCUT2D eigenvalue weighted by Gasteiger charge is -2.27. The zero-order chi connectivity index (χ0) is 7.14. The van der Waals surface area contributed by atoms with Crippen LogP contribution in [0.15, 0.2) is 0 Å². The standard InChI is InChI=1S/C6H10O4/c7-3-1-5-9-2-4(10-5)6(3)8/h3-8H,1-2H2/t3-,4-,5-,6+/m1/s1. The van der Waals surface area contributed by atoms with Crippen molar-refractivity contribution in [2.75, 3.05) is 6.61 Å². The largest absolute Gasteiger partial charge is 0.390 e. The van der Waals surface area contributed by atoms with Crippen LogP contribution >= 0.6 is 0 Å². The molecule has 4 nitrogen and oxygen atoms in total. The highest BCUT2D eigenvalue weighted by Crippen LogP contribution is 2.26. The number of hydrogen-bond acceptors (Lipinski definition) is 4. The first-order valence-electron chi connectivity index (χ1n) is 3.40. The zero-order valence-corrected chi connectivity index (χ0v) is 5.43. The van der Waals surface area contributed by atoms with Gasteiger partial charge in [0.1, 0.15) is 12.2 Å². The van der Waals surface area contributed by atoms with Crippen molar-refractivity contribution in [3.05, 3.63) is 0 Å². The van der Waals surface area contributed by atoms with Gasteiger partial charge in [-0.1, -0.05) is 0 Å². The Morgan fingerprint density at radius 1 is 1.30 bits per heavy atom. The molecule has 10 heavy (non-hydrogen) atoms. The second-order valence-corrected chi connectivity index (χ2v) is 2.73. The molecule has 2 aliphatic heterocycles. The molecule has 2 rings (SSSR count). The quantitative estimate of drug-likeness (QED) is 0.453. The molecule has 2 heterocycles. The molecule has 0 amide bonds. The first-order chi connectivity index (χ1) is 4.77. The van der Waals surface area contributed by atoms with Gasteiger partial charge in [-0.05, 0) is 0 Å². The lowest BCUT2D eigenvalue weighted by molar-refractivity contribution is -0.165. The average molecular weight is 146 g/mol. The highest BCUT2D eigenvalue weighted by molar-refractivity contribution is 4.86. The third-order valence-electron chi connectivity index (χ3n) is 1.98. The fraction of sp³-hybridized carbons (Fsp3) is 1.00. The van der Waals surface area contributed by atoms with Crippen molar-refractivity contribution in [3.63, 3.8) is 0 Å². The predicted octanol–water partition coefficient (Wildman–Crippen LogP) is -1.15. The van der Waals surface area contributed by atoms with Crippen molar-refractivity contribution in [1.82, 2.24) is 0 Å². The summed E-state index contributed by atoms with van der Waals surface area (Å²) in [6.07, 6.45) is -1.65. The highest BCUT2D eigenvalue weighted by Gasteiger charge is 2.42. The Kier molecular flexibility index (Phi) is 1.42. The van der Waals surface area contributed by atoms with E-state index in [0.29, 0.717) is 13.0 Å². The number of rotatable bonds is 0. The van der Waals surface area contributed by atoms with Crippen molar-refractivity contribution in [2.45, 2.75) is 31.0 Å². The van der Waals surface area contributed by atoms with E-state index in [-0.39, 0.29) is 12.4 Å². The molecule has 4 atom stereocenters. The van der Waals surface area contributed by atoms with E-state index in [1.165, 1.54) is 0 Å². The molecule has 0 aromatic rings. The smallest absolute Gasteiger partial charge is 0.160 e. The average Bonchev–Trinajstić information content (AvgIpc) is 2.29. The van der Waals surface area contributed by atoms with E-state index in [9.17, 15) is 5.11 Å². The number of fused-ring (bicyclic) bond motifs is 2. The first-order valence-corrected chi connectivity index (χ1v) is 3.40. The van der Waals surface area contributed by atoms with Gasteiger partial charge in [0.2, 0.25) is 0 Å². The predicted molar refractivity (Wildman–Crippen MR) is 31.2 cm³/mol. The van der Waals surface area contributed by atoms with E-state index in [1.54, 1.807) is 0 Å². The summed E-state index contributed by atoms with van der Waals surface area (Å²) < 4.78 is 10.2. The van der Waals surface area contributed by atoms with Crippen LogP contribution in [0.2, 0.25) is 0 Å². The fourth-order valence-corrected chi connectivity index (χ4v) is 1.36. The van der Waals surface area contributed by atoms with E-state index in [2.05, 4.69) is 0 Å². The van der Waals surface area contributed by atoms with Gasteiger partial charge in [0.25, 0.3) is 0 Å². The van der Waals surface area contributed by atoms with E-state index in [4.69, 9.17) is 14.6 Å². The highest BCUT2D eigenvalue weighted by atomic mass is 16.7. The second-order valence-electron chi connectivity index (χ2n) is 2.73. The van der Waals surface area contributed by atoms with E-state index < -0.39 is 12.2 Å². The molecular weight excluding hydrogens is 136 g/mol. The molecule has 0 aliphatic carbocycles. The monoisotopic (exact) mass is 146 g/mol. The van der Waals surface area contributed by atoms with Crippen LogP contribution in [0.1, 0.15) is 6.42 Å². The van der Waals surface area contributed by atoms with Gasteiger partial charge in [0.15, 0.2) is 6.29 Å². The van der Waals surface area contributed by atoms with Crippen molar-refractivity contribution >= 4 is 0 Å². The fourth-order valence-electron chi connectivity index (χ4n) is 1.36. The van der Waals surface area contributed by atoms with Crippen LogP contribution in [0, 0.1) is 0 Å². The minimum Gasteiger partial charge on any atom is -0.390 e. The number of aliphatic hydroxyl groups is 2. The molecule has 0 spiro atoms. The Labute approximate surface area is 58.4 Å². The van der Waals surface area contributed by atoms with E-state index >= 15 is 0 Å². The van der Waals surface area contributed by atoms with Gasteiger partial charge < -0.3 is 19.7 Å².